The molecule has 1 N–H and O–H groups in total. The van der Waals surface area contributed by atoms with Crippen LogP contribution in [0.1, 0.15) is 24.4 Å². The predicted octanol–water partition coefficient (Wildman–Crippen LogP) is -0.546. The molecule has 1 atom stereocenters. The first-order valence-corrected chi connectivity index (χ1v) is 9.21. The van der Waals surface area contributed by atoms with Gasteiger partial charge in [-0.1, -0.05) is 0 Å². The van der Waals surface area contributed by atoms with Gasteiger partial charge in [-0.05, 0) is 12.8 Å². The summed E-state index contributed by atoms with van der Waals surface area (Å²) in [6.07, 6.45) is 4.35. The second-order valence-electron chi connectivity index (χ2n) is 5.70. The third-order valence-corrected chi connectivity index (χ3v) is 4.55. The van der Waals surface area contributed by atoms with Gasteiger partial charge in [0.05, 0.1) is 25.0 Å². The Labute approximate surface area is 129 Å². The predicted molar refractivity (Wildman–Crippen MR) is 78.3 cm³/mol. The Morgan fingerprint density at radius 1 is 1.50 bits per heavy atom. The minimum atomic E-state index is -3.24. The summed E-state index contributed by atoms with van der Waals surface area (Å²) < 4.78 is 32.1. The molecular weight excluding hydrogens is 308 g/mol. The summed E-state index contributed by atoms with van der Waals surface area (Å²) in [5.74, 6) is 0.811. The largest absolute Gasteiger partial charge is 0.368 e. The zero-order chi connectivity index (χ0) is 15.7. The van der Waals surface area contributed by atoms with Crippen LogP contribution in [-0.4, -0.2) is 54.3 Å². The van der Waals surface area contributed by atoms with E-state index in [4.69, 9.17) is 4.74 Å². The second-order valence-corrected chi connectivity index (χ2v) is 7.53. The number of hydrogen-bond acceptors (Lipinski definition) is 5. The molecule has 1 unspecified atom stereocenters. The molecule has 1 fully saturated rings. The number of fused-ring (bicyclic) bond motifs is 1. The van der Waals surface area contributed by atoms with Crippen molar-refractivity contribution in [3.63, 3.8) is 0 Å². The number of sulfonamides is 1. The molecule has 0 saturated carbocycles. The number of aromatic nitrogens is 2. The van der Waals surface area contributed by atoms with Gasteiger partial charge in [-0.2, -0.15) is 0 Å². The number of nitrogens with one attached hydrogen (secondary N) is 1. The molecule has 1 aromatic rings. The fraction of sp³-hybridized carbons (Fsp3) is 0.692. The van der Waals surface area contributed by atoms with Crippen LogP contribution in [0.3, 0.4) is 0 Å². The number of amides is 1. The maximum atomic E-state index is 12.3. The van der Waals surface area contributed by atoms with Gasteiger partial charge in [0, 0.05) is 25.9 Å². The standard InChI is InChI=1S/C13H20N4O4S/c1-22(19,20)14-7-10-8-16-4-5-17(9-12(16)15-10)13(18)11-3-2-6-21-11/h8,11,14H,2-7,9H2,1H3. The molecule has 122 valence electrons. The SMILES string of the molecule is CS(=O)(=O)NCc1cn2c(n1)CN(C(=O)C1CCCO1)CC2. The van der Waals surface area contributed by atoms with Crippen LogP contribution in [0.5, 0.6) is 0 Å². The van der Waals surface area contributed by atoms with Crippen LogP contribution in [0.2, 0.25) is 0 Å². The van der Waals surface area contributed by atoms with Crippen LogP contribution in [-0.2, 0) is 39.2 Å². The van der Waals surface area contributed by atoms with Crippen molar-refractivity contribution in [3.05, 3.63) is 17.7 Å². The molecule has 3 rings (SSSR count). The summed E-state index contributed by atoms with van der Waals surface area (Å²) in [6.45, 7) is 2.55. The Morgan fingerprint density at radius 2 is 2.32 bits per heavy atom. The van der Waals surface area contributed by atoms with Crippen molar-refractivity contribution in [1.82, 2.24) is 19.2 Å². The van der Waals surface area contributed by atoms with Crippen LogP contribution >= 0.6 is 0 Å². The molecule has 1 aromatic heterocycles. The number of carbonyl (C=O) groups is 1. The summed E-state index contributed by atoms with van der Waals surface area (Å²) in [6, 6.07) is 0. The summed E-state index contributed by atoms with van der Waals surface area (Å²) in [7, 11) is -3.24. The van der Waals surface area contributed by atoms with Gasteiger partial charge < -0.3 is 14.2 Å². The first kappa shape index (κ1) is 15.4. The summed E-state index contributed by atoms with van der Waals surface area (Å²) in [5, 5.41) is 0. The van der Waals surface area contributed by atoms with Crippen molar-refractivity contribution >= 4 is 15.9 Å². The molecular formula is C13H20N4O4S. The van der Waals surface area contributed by atoms with Gasteiger partial charge in [0.25, 0.3) is 5.91 Å². The second kappa shape index (κ2) is 5.98. The molecule has 0 radical (unpaired) electrons. The van der Waals surface area contributed by atoms with E-state index in [2.05, 4.69) is 9.71 Å². The summed E-state index contributed by atoms with van der Waals surface area (Å²) in [5.41, 5.74) is 0.659. The molecule has 1 saturated heterocycles. The fourth-order valence-electron chi connectivity index (χ4n) is 2.77. The van der Waals surface area contributed by atoms with Crippen molar-refractivity contribution in [1.29, 1.82) is 0 Å². The maximum absolute atomic E-state index is 12.3. The molecule has 0 spiro atoms. The molecule has 0 bridgehead atoms. The first-order valence-electron chi connectivity index (χ1n) is 7.32. The Kier molecular flexibility index (Phi) is 4.20. The van der Waals surface area contributed by atoms with E-state index < -0.39 is 10.0 Å². The molecule has 2 aliphatic heterocycles. The van der Waals surface area contributed by atoms with Crippen LogP contribution in [0.4, 0.5) is 0 Å². The molecule has 22 heavy (non-hydrogen) atoms. The van der Waals surface area contributed by atoms with E-state index in [-0.39, 0.29) is 18.6 Å². The Balaban J connectivity index is 1.65. The van der Waals surface area contributed by atoms with E-state index in [1.165, 1.54) is 0 Å². The average molecular weight is 328 g/mol. The Morgan fingerprint density at radius 3 is 3.00 bits per heavy atom. The number of hydrogen-bond donors (Lipinski definition) is 1. The van der Waals surface area contributed by atoms with Crippen LogP contribution in [0, 0.1) is 0 Å². The minimum absolute atomic E-state index is 0.0301. The molecule has 2 aliphatic rings. The normalized spacial score (nSPS) is 21.9. The third-order valence-electron chi connectivity index (χ3n) is 3.88. The van der Waals surface area contributed by atoms with Gasteiger partial charge in [-0.3, -0.25) is 4.79 Å². The van der Waals surface area contributed by atoms with Gasteiger partial charge in [0.15, 0.2) is 0 Å². The molecule has 0 aliphatic carbocycles. The van der Waals surface area contributed by atoms with Crippen LogP contribution in [0.15, 0.2) is 6.20 Å². The zero-order valence-electron chi connectivity index (χ0n) is 12.5. The van der Waals surface area contributed by atoms with E-state index in [1.807, 2.05) is 10.8 Å². The van der Waals surface area contributed by atoms with Crippen molar-refractivity contribution < 1.29 is 17.9 Å². The first-order chi connectivity index (χ1) is 10.4. The highest BCUT2D eigenvalue weighted by Gasteiger charge is 2.30. The van der Waals surface area contributed by atoms with Gasteiger partial charge in [0.1, 0.15) is 11.9 Å². The van der Waals surface area contributed by atoms with Gasteiger partial charge in [-0.15, -0.1) is 0 Å². The van der Waals surface area contributed by atoms with Gasteiger partial charge in [0.2, 0.25) is 10.0 Å². The summed E-state index contributed by atoms with van der Waals surface area (Å²) in [4.78, 5) is 18.5. The number of rotatable bonds is 4. The lowest BCUT2D eigenvalue weighted by atomic mass is 10.2. The van der Waals surface area contributed by atoms with E-state index in [0.29, 0.717) is 31.9 Å². The number of ether oxygens (including phenoxy) is 1. The monoisotopic (exact) mass is 328 g/mol. The zero-order valence-corrected chi connectivity index (χ0v) is 13.3. The third kappa shape index (κ3) is 3.47. The molecule has 0 aromatic carbocycles. The lowest BCUT2D eigenvalue weighted by Gasteiger charge is -2.29. The maximum Gasteiger partial charge on any atom is 0.252 e. The van der Waals surface area contributed by atoms with Crippen molar-refractivity contribution in [2.45, 2.75) is 38.6 Å². The number of imidazole rings is 1. The molecule has 3 heterocycles. The highest BCUT2D eigenvalue weighted by Crippen LogP contribution is 2.19. The quantitative estimate of drug-likeness (QED) is 0.801. The lowest BCUT2D eigenvalue weighted by molar-refractivity contribution is -0.142. The molecule has 8 nitrogen and oxygen atoms in total. The smallest absolute Gasteiger partial charge is 0.252 e. The van der Waals surface area contributed by atoms with E-state index >= 15 is 0 Å². The Bertz CT molecular complexity index is 664. The minimum Gasteiger partial charge on any atom is -0.368 e. The van der Waals surface area contributed by atoms with Crippen molar-refractivity contribution in [2.75, 3.05) is 19.4 Å². The average Bonchev–Trinajstić information content (AvgIpc) is 3.11. The van der Waals surface area contributed by atoms with Gasteiger partial charge in [-0.25, -0.2) is 18.1 Å². The highest BCUT2D eigenvalue weighted by molar-refractivity contribution is 7.88. The number of nitrogens with zero attached hydrogens (tertiary/aromatic N) is 3. The van der Waals surface area contributed by atoms with Crippen LogP contribution < -0.4 is 4.72 Å². The fourth-order valence-corrected chi connectivity index (χ4v) is 3.18. The Hall–Kier alpha value is -1.45. The van der Waals surface area contributed by atoms with Crippen LogP contribution in [0.25, 0.3) is 0 Å². The molecule has 1 amide bonds. The van der Waals surface area contributed by atoms with Crippen molar-refractivity contribution in [3.8, 4) is 0 Å². The van der Waals surface area contributed by atoms with E-state index in [0.717, 1.165) is 24.9 Å². The lowest BCUT2D eigenvalue weighted by Crippen LogP contribution is -2.43. The van der Waals surface area contributed by atoms with Gasteiger partial charge >= 0.3 is 0 Å². The van der Waals surface area contributed by atoms with E-state index in [9.17, 15) is 13.2 Å². The topological polar surface area (TPSA) is 93.5 Å². The molecule has 9 heteroatoms. The summed E-state index contributed by atoms with van der Waals surface area (Å²) >= 11 is 0. The van der Waals surface area contributed by atoms with Crippen molar-refractivity contribution in [2.24, 2.45) is 0 Å². The van der Waals surface area contributed by atoms with E-state index in [1.54, 1.807) is 4.90 Å². The number of carbonyl (C=O) groups excluding carboxylic acids is 1. The highest BCUT2D eigenvalue weighted by atomic mass is 32.2.